The molecule has 0 N–H and O–H groups in total. The third-order valence-corrected chi connectivity index (χ3v) is 4.40. The van der Waals surface area contributed by atoms with E-state index in [2.05, 4.69) is 0 Å². The summed E-state index contributed by atoms with van der Waals surface area (Å²) in [7, 11) is 0. The molecule has 1 aromatic carbocycles. The van der Waals surface area contributed by atoms with Gasteiger partial charge in [-0.2, -0.15) is 0 Å². The lowest BCUT2D eigenvalue weighted by atomic mass is 10.0. The lowest BCUT2D eigenvalue weighted by Gasteiger charge is -2.11. The fourth-order valence-electron chi connectivity index (χ4n) is 1.51. The van der Waals surface area contributed by atoms with Crippen molar-refractivity contribution in [1.82, 2.24) is 0 Å². The molecular weight excluding hydrogens is 266 g/mol. The van der Waals surface area contributed by atoms with Crippen molar-refractivity contribution < 1.29 is 4.39 Å². The fourth-order valence-corrected chi connectivity index (χ4v) is 3.23. The van der Waals surface area contributed by atoms with Crippen molar-refractivity contribution in [2.75, 3.05) is 0 Å². The molecule has 0 fully saturated rings. The zero-order chi connectivity index (χ0) is 11.7. The fraction of sp³-hybridized carbons (Fsp3) is 0.167. The summed E-state index contributed by atoms with van der Waals surface area (Å²) in [4.78, 5) is 0.858. The Morgan fingerprint density at radius 3 is 2.69 bits per heavy atom. The van der Waals surface area contributed by atoms with E-state index in [1.807, 2.05) is 12.3 Å². The Labute approximate surface area is 108 Å². The molecule has 0 radical (unpaired) electrons. The molecule has 2 rings (SSSR count). The predicted molar refractivity (Wildman–Crippen MR) is 68.2 cm³/mol. The van der Waals surface area contributed by atoms with Crippen LogP contribution in [0.15, 0.2) is 29.6 Å². The average molecular weight is 275 g/mol. The smallest absolute Gasteiger partial charge is 0.123 e. The van der Waals surface area contributed by atoms with Crippen molar-refractivity contribution in [2.45, 2.75) is 12.3 Å². The highest BCUT2D eigenvalue weighted by atomic mass is 35.5. The van der Waals surface area contributed by atoms with E-state index in [1.54, 1.807) is 12.1 Å². The summed E-state index contributed by atoms with van der Waals surface area (Å²) in [5.41, 5.74) is 1.73. The molecule has 1 atom stereocenters. The summed E-state index contributed by atoms with van der Waals surface area (Å²) in [5.74, 6) is -0.279. The van der Waals surface area contributed by atoms with Crippen LogP contribution in [-0.4, -0.2) is 0 Å². The summed E-state index contributed by atoms with van der Waals surface area (Å²) >= 11 is 13.8. The molecule has 0 aliphatic heterocycles. The zero-order valence-corrected chi connectivity index (χ0v) is 10.8. The molecule has 0 nitrogen and oxygen atoms in total. The summed E-state index contributed by atoms with van der Waals surface area (Å²) in [6.45, 7) is 1.91. The monoisotopic (exact) mass is 274 g/mol. The maximum absolute atomic E-state index is 13.2. The number of rotatable bonds is 2. The van der Waals surface area contributed by atoms with Crippen LogP contribution in [0, 0.1) is 12.7 Å². The quantitative estimate of drug-likeness (QED) is 0.663. The molecule has 84 valence electrons. The van der Waals surface area contributed by atoms with Gasteiger partial charge in [-0.1, -0.05) is 17.7 Å². The first kappa shape index (κ1) is 11.9. The second kappa shape index (κ2) is 4.74. The van der Waals surface area contributed by atoms with Gasteiger partial charge >= 0.3 is 0 Å². The third-order valence-electron chi connectivity index (χ3n) is 2.39. The summed E-state index contributed by atoms with van der Waals surface area (Å²) in [5, 5.41) is 2.12. The van der Waals surface area contributed by atoms with Crippen LogP contribution in [0.2, 0.25) is 5.02 Å². The van der Waals surface area contributed by atoms with E-state index >= 15 is 0 Å². The Morgan fingerprint density at radius 1 is 1.31 bits per heavy atom. The second-order valence-electron chi connectivity index (χ2n) is 3.50. The summed E-state index contributed by atoms with van der Waals surface area (Å²) < 4.78 is 13.2. The standard InChI is InChI=1S/C12H9Cl2FS/c1-7-2-3-8(15)6-9(7)11(14)12-10(13)4-5-16-12/h2-6,11H,1H3. The minimum atomic E-state index is -0.386. The number of hydrogen-bond donors (Lipinski definition) is 0. The SMILES string of the molecule is Cc1ccc(F)cc1C(Cl)c1sccc1Cl. The lowest BCUT2D eigenvalue weighted by molar-refractivity contribution is 0.625. The Morgan fingerprint density at radius 2 is 2.06 bits per heavy atom. The van der Waals surface area contributed by atoms with Gasteiger partial charge in [0.1, 0.15) is 5.82 Å². The van der Waals surface area contributed by atoms with Crippen LogP contribution in [0.25, 0.3) is 0 Å². The summed E-state index contributed by atoms with van der Waals surface area (Å²) in [6.07, 6.45) is 0. The van der Waals surface area contributed by atoms with Crippen molar-refractivity contribution in [3.63, 3.8) is 0 Å². The van der Waals surface area contributed by atoms with Gasteiger partial charge in [0.2, 0.25) is 0 Å². The van der Waals surface area contributed by atoms with Crippen LogP contribution in [0.5, 0.6) is 0 Å². The van der Waals surface area contributed by atoms with Gasteiger partial charge in [-0.3, -0.25) is 0 Å². The molecule has 4 heteroatoms. The number of hydrogen-bond acceptors (Lipinski definition) is 1. The van der Waals surface area contributed by atoms with Crippen LogP contribution >= 0.6 is 34.5 Å². The number of thiophene rings is 1. The highest BCUT2D eigenvalue weighted by molar-refractivity contribution is 7.11. The molecule has 1 aromatic heterocycles. The Kier molecular flexibility index (Phi) is 3.53. The van der Waals surface area contributed by atoms with Crippen molar-refractivity contribution in [2.24, 2.45) is 0 Å². The van der Waals surface area contributed by atoms with Crippen LogP contribution < -0.4 is 0 Å². The third kappa shape index (κ3) is 2.24. The summed E-state index contributed by atoms with van der Waals surface area (Å²) in [6, 6.07) is 6.41. The van der Waals surface area contributed by atoms with Gasteiger partial charge in [-0.25, -0.2) is 4.39 Å². The molecule has 0 bridgehead atoms. The molecule has 0 saturated carbocycles. The number of benzene rings is 1. The highest BCUT2D eigenvalue weighted by Crippen LogP contribution is 2.38. The van der Waals surface area contributed by atoms with Crippen molar-refractivity contribution in [1.29, 1.82) is 0 Å². The molecule has 2 aromatic rings. The largest absolute Gasteiger partial charge is 0.207 e. The molecule has 0 saturated heterocycles. The van der Waals surface area contributed by atoms with Crippen LogP contribution in [-0.2, 0) is 0 Å². The minimum Gasteiger partial charge on any atom is -0.207 e. The zero-order valence-electron chi connectivity index (χ0n) is 8.51. The van der Waals surface area contributed by atoms with E-state index in [4.69, 9.17) is 23.2 Å². The van der Waals surface area contributed by atoms with Crippen molar-refractivity contribution in [3.05, 3.63) is 56.5 Å². The molecule has 1 heterocycles. The van der Waals surface area contributed by atoms with Gasteiger partial charge in [-0.05, 0) is 41.6 Å². The maximum Gasteiger partial charge on any atom is 0.123 e. The Balaban J connectivity index is 2.45. The van der Waals surface area contributed by atoms with Crippen LogP contribution in [0.1, 0.15) is 21.4 Å². The van der Waals surface area contributed by atoms with Gasteiger partial charge in [0, 0.05) is 4.88 Å². The number of alkyl halides is 1. The molecule has 16 heavy (non-hydrogen) atoms. The molecule has 0 aliphatic carbocycles. The number of halogens is 3. The van der Waals surface area contributed by atoms with Gasteiger partial charge < -0.3 is 0 Å². The number of aryl methyl sites for hydroxylation is 1. The highest BCUT2D eigenvalue weighted by Gasteiger charge is 2.17. The van der Waals surface area contributed by atoms with E-state index < -0.39 is 0 Å². The van der Waals surface area contributed by atoms with Crippen molar-refractivity contribution in [3.8, 4) is 0 Å². The first-order valence-corrected chi connectivity index (χ1v) is 6.42. The lowest BCUT2D eigenvalue weighted by Crippen LogP contribution is -1.95. The molecule has 0 amide bonds. The Hall–Kier alpha value is -0.570. The predicted octanol–water partition coefficient (Wildman–Crippen LogP) is 5.18. The normalized spacial score (nSPS) is 12.8. The average Bonchev–Trinajstić information content (AvgIpc) is 2.67. The van der Waals surface area contributed by atoms with E-state index in [0.717, 1.165) is 16.0 Å². The molecular formula is C12H9Cl2FS. The maximum atomic E-state index is 13.2. The topological polar surface area (TPSA) is 0 Å². The van der Waals surface area contributed by atoms with E-state index in [9.17, 15) is 4.39 Å². The molecule has 0 spiro atoms. The van der Waals surface area contributed by atoms with Gasteiger partial charge in [0.05, 0.1) is 10.4 Å². The minimum absolute atomic E-state index is 0.279. The van der Waals surface area contributed by atoms with Gasteiger partial charge in [0.25, 0.3) is 0 Å². The van der Waals surface area contributed by atoms with E-state index in [-0.39, 0.29) is 11.2 Å². The van der Waals surface area contributed by atoms with Gasteiger partial charge in [0.15, 0.2) is 0 Å². The second-order valence-corrected chi connectivity index (χ2v) is 5.29. The Bertz CT molecular complexity index is 507. The van der Waals surface area contributed by atoms with Crippen molar-refractivity contribution >= 4 is 34.5 Å². The van der Waals surface area contributed by atoms with E-state index in [1.165, 1.54) is 23.5 Å². The first-order valence-electron chi connectivity index (χ1n) is 4.72. The first-order chi connectivity index (χ1) is 7.59. The van der Waals surface area contributed by atoms with Crippen LogP contribution in [0.4, 0.5) is 4.39 Å². The molecule has 0 aliphatic rings. The molecule has 1 unspecified atom stereocenters. The van der Waals surface area contributed by atoms with Crippen LogP contribution in [0.3, 0.4) is 0 Å². The van der Waals surface area contributed by atoms with E-state index in [0.29, 0.717) is 5.02 Å². The van der Waals surface area contributed by atoms with Gasteiger partial charge in [-0.15, -0.1) is 22.9 Å².